The molecule has 2 nitrogen and oxygen atoms in total. The Morgan fingerprint density at radius 1 is 0.290 bits per heavy atom. The maximum Gasteiger partial charge on any atom is 0.248 e. The summed E-state index contributed by atoms with van der Waals surface area (Å²) in [5.74, 6) is 0.0989. The highest BCUT2D eigenvalue weighted by Crippen LogP contribution is 2.57. The largest absolute Gasteiger partial charge is 0.309 e. The van der Waals surface area contributed by atoms with E-state index in [1.807, 2.05) is 0 Å². The highest BCUT2D eigenvalue weighted by molar-refractivity contribution is 6.98. The van der Waals surface area contributed by atoms with Crippen LogP contribution in [-0.2, 0) is 17.3 Å². The Hall–Kier alpha value is -12.0. The first-order valence-corrected chi connectivity index (χ1v) is 38.4. The van der Waals surface area contributed by atoms with Crippen LogP contribution in [0.4, 0.5) is 0 Å². The van der Waals surface area contributed by atoms with Gasteiger partial charge in [-0.2, -0.15) is 0 Å². The molecule has 19 rings (SSSR count). The molecule has 3 heteroatoms. The Labute approximate surface area is 630 Å². The van der Waals surface area contributed by atoms with Gasteiger partial charge in [0.25, 0.3) is 0 Å². The van der Waals surface area contributed by atoms with Crippen LogP contribution in [0.5, 0.6) is 0 Å². The second kappa shape index (κ2) is 25.9. The lowest BCUT2D eigenvalue weighted by Gasteiger charge is -2.36. The molecule has 107 heavy (non-hydrogen) atoms. The SMILES string of the molecule is Cc1cccc(C)c1B(c1c(C)cccc1C)c1c(-n2c3ccc(-c4ccccc4)cc3c3cc(-c4ccccc4)ccc32)c(CCC2c3ccc(-c4ccccc4)cc3-c3cc(-c4ccccc4)ccc32)c2c(c1-n1c3ccc(-c4ccccc4)cc3c3cc(-c4ccccc4)ccc31)C(C)(C)CC2(C)C. The quantitative estimate of drug-likeness (QED) is 0.0961. The van der Waals surface area contributed by atoms with Crippen LogP contribution in [0.2, 0.25) is 0 Å². The van der Waals surface area contributed by atoms with Gasteiger partial charge in [0.15, 0.2) is 0 Å². The van der Waals surface area contributed by atoms with Crippen molar-refractivity contribution < 1.29 is 0 Å². The van der Waals surface area contributed by atoms with Crippen LogP contribution in [-0.4, -0.2) is 15.8 Å². The molecule has 15 aromatic carbocycles. The fraction of sp³-hybridized carbons (Fsp3) is 0.135. The number of benzene rings is 15. The van der Waals surface area contributed by atoms with Crippen molar-refractivity contribution >= 4 is 66.7 Å². The number of aromatic nitrogens is 2. The zero-order valence-electron chi connectivity index (χ0n) is 62.3. The first kappa shape index (κ1) is 65.7. The molecule has 0 amide bonds. The van der Waals surface area contributed by atoms with Gasteiger partial charge in [0.05, 0.1) is 22.1 Å². The monoisotopic (exact) mass is 1370 g/mol. The number of nitrogens with zero attached hydrogens (tertiary/aromatic N) is 2. The fourth-order valence-corrected chi connectivity index (χ4v) is 19.8. The van der Waals surface area contributed by atoms with E-state index in [0.717, 1.165) is 19.3 Å². The van der Waals surface area contributed by atoms with Crippen molar-refractivity contribution in [2.45, 2.75) is 91.4 Å². The summed E-state index contributed by atoms with van der Waals surface area (Å²) in [7, 11) is 0. The Balaban J connectivity index is 1.00. The van der Waals surface area contributed by atoms with E-state index >= 15 is 0 Å². The molecule has 2 aromatic heterocycles. The van der Waals surface area contributed by atoms with Crippen LogP contribution in [0, 0.1) is 27.7 Å². The molecule has 17 aromatic rings. The van der Waals surface area contributed by atoms with E-state index in [1.54, 1.807) is 0 Å². The second-order valence-electron chi connectivity index (χ2n) is 31.8. The maximum absolute atomic E-state index is 2.82. The third-order valence-electron chi connectivity index (χ3n) is 24.2. The molecule has 0 saturated heterocycles. The molecular formula is C104H85BN2. The van der Waals surface area contributed by atoms with E-state index in [2.05, 4.69) is 392 Å². The van der Waals surface area contributed by atoms with Crippen LogP contribution in [0.1, 0.15) is 96.5 Å². The smallest absolute Gasteiger partial charge is 0.248 e. The van der Waals surface area contributed by atoms with E-state index in [0.29, 0.717) is 0 Å². The minimum absolute atomic E-state index is 0.0989. The first-order chi connectivity index (χ1) is 52.2. The van der Waals surface area contributed by atoms with Crippen molar-refractivity contribution in [2.24, 2.45) is 0 Å². The van der Waals surface area contributed by atoms with E-state index in [9.17, 15) is 0 Å². The van der Waals surface area contributed by atoms with E-state index in [-0.39, 0.29) is 23.5 Å². The topological polar surface area (TPSA) is 9.86 Å². The molecule has 2 aliphatic carbocycles. The Kier molecular flexibility index (Phi) is 15.9. The summed E-state index contributed by atoms with van der Waals surface area (Å²) in [6.07, 6.45) is 2.65. The standard InChI is InChI=1S/C104H85BN2/c1-66-29-27-30-67(2)98(66)105(99-68(3)31-28-32-69(99)4)100-101(106-92-55-47-78(72-37-19-11-20-38-72)61-88(92)89-62-79(48-56-93(89)106)73-39-21-12-22-40-73)85(54-53-82-83-51-45-76(70-33-15-9-16-34-70)59-86(83)87-60-77(46-52-84(82)87)71-35-17-10-18-36-71)96-97(104(7,8)65-103(96,5)6)102(100)107-94-57-49-80(74-41-23-13-24-42-74)63-90(94)91-64-81(50-58-95(91)107)75-43-25-14-26-44-75/h9-52,55-64,82H,53-54,65H2,1-8H3. The number of hydrogen-bond acceptors (Lipinski definition) is 0. The Morgan fingerprint density at radius 3 is 0.907 bits per heavy atom. The van der Waals surface area contributed by atoms with Gasteiger partial charge in [-0.05, 0) is 230 Å². The van der Waals surface area contributed by atoms with Crippen molar-refractivity contribution in [1.29, 1.82) is 0 Å². The maximum atomic E-state index is 2.82. The van der Waals surface area contributed by atoms with Crippen molar-refractivity contribution in [1.82, 2.24) is 9.13 Å². The Morgan fingerprint density at radius 2 is 0.579 bits per heavy atom. The molecule has 0 atom stereocenters. The van der Waals surface area contributed by atoms with Crippen LogP contribution in [0.15, 0.2) is 328 Å². The average Bonchev–Trinajstić information content (AvgIpc) is 1.53. The molecule has 514 valence electrons. The molecule has 0 radical (unpaired) electrons. The second-order valence-corrected chi connectivity index (χ2v) is 31.8. The summed E-state index contributed by atoms with van der Waals surface area (Å²) < 4.78 is 5.63. The molecule has 2 aliphatic rings. The zero-order chi connectivity index (χ0) is 72.4. The first-order valence-electron chi connectivity index (χ1n) is 38.4. The normalized spacial score (nSPS) is 13.6. The van der Waals surface area contributed by atoms with Gasteiger partial charge in [0, 0.05) is 38.8 Å². The third-order valence-corrected chi connectivity index (χ3v) is 24.2. The van der Waals surface area contributed by atoms with Gasteiger partial charge in [0.1, 0.15) is 0 Å². The van der Waals surface area contributed by atoms with E-state index < -0.39 is 0 Å². The summed E-state index contributed by atoms with van der Waals surface area (Å²) in [5, 5.41) is 4.93. The van der Waals surface area contributed by atoms with Crippen molar-refractivity contribution in [3.8, 4) is 89.3 Å². The van der Waals surface area contributed by atoms with Crippen LogP contribution < -0.4 is 16.4 Å². The highest BCUT2D eigenvalue weighted by atomic mass is 15.0. The van der Waals surface area contributed by atoms with E-state index in [1.165, 1.54) is 199 Å². The van der Waals surface area contributed by atoms with Gasteiger partial charge in [0.2, 0.25) is 6.71 Å². The van der Waals surface area contributed by atoms with Gasteiger partial charge in [-0.25, -0.2) is 0 Å². The lowest BCUT2D eigenvalue weighted by Crippen LogP contribution is -2.58. The minimum atomic E-state index is -0.330. The predicted molar refractivity (Wildman–Crippen MR) is 457 cm³/mol. The molecular weight excluding hydrogens is 1290 g/mol. The van der Waals surface area contributed by atoms with Crippen molar-refractivity contribution in [2.75, 3.05) is 0 Å². The highest BCUT2D eigenvalue weighted by Gasteiger charge is 2.50. The fourth-order valence-electron chi connectivity index (χ4n) is 19.8. The average molecular weight is 1370 g/mol. The summed E-state index contributed by atoms with van der Waals surface area (Å²) >= 11 is 0. The number of aryl methyl sites for hydroxylation is 4. The van der Waals surface area contributed by atoms with Crippen LogP contribution in [0.3, 0.4) is 0 Å². The summed E-state index contributed by atoms with van der Waals surface area (Å²) in [5.41, 5.74) is 40.3. The minimum Gasteiger partial charge on any atom is -0.309 e. The van der Waals surface area contributed by atoms with Gasteiger partial charge in [-0.3, -0.25) is 0 Å². The third kappa shape index (κ3) is 11.0. The van der Waals surface area contributed by atoms with Crippen molar-refractivity contribution in [3.63, 3.8) is 0 Å². The van der Waals surface area contributed by atoms with Gasteiger partial charge in [-0.15, -0.1) is 0 Å². The van der Waals surface area contributed by atoms with Gasteiger partial charge >= 0.3 is 0 Å². The lowest BCUT2D eigenvalue weighted by atomic mass is 9.33. The number of hydrogen-bond donors (Lipinski definition) is 0. The molecule has 0 saturated carbocycles. The van der Waals surface area contributed by atoms with Crippen molar-refractivity contribution in [3.05, 3.63) is 378 Å². The van der Waals surface area contributed by atoms with Gasteiger partial charge < -0.3 is 9.13 Å². The molecule has 0 spiro atoms. The summed E-state index contributed by atoms with van der Waals surface area (Å²) in [6.45, 7) is 19.6. The molecule has 0 bridgehead atoms. The number of rotatable bonds is 14. The van der Waals surface area contributed by atoms with Crippen LogP contribution >= 0.6 is 0 Å². The summed E-state index contributed by atoms with van der Waals surface area (Å²) in [4.78, 5) is 0. The summed E-state index contributed by atoms with van der Waals surface area (Å²) in [6, 6.07) is 124. The lowest BCUT2D eigenvalue weighted by molar-refractivity contribution is 0.401. The molecule has 2 heterocycles. The predicted octanol–water partition coefficient (Wildman–Crippen LogP) is 25.3. The molecule has 0 N–H and O–H groups in total. The Bertz CT molecular complexity index is 5980. The van der Waals surface area contributed by atoms with Gasteiger partial charge in [-0.1, -0.05) is 328 Å². The van der Waals surface area contributed by atoms with Crippen LogP contribution in [0.25, 0.3) is 133 Å². The zero-order valence-corrected chi connectivity index (χ0v) is 62.3. The number of fused-ring (bicyclic) bond motifs is 10. The molecule has 0 unspecified atom stereocenters. The molecule has 0 aliphatic heterocycles. The van der Waals surface area contributed by atoms with E-state index in [4.69, 9.17) is 0 Å². The molecule has 0 fully saturated rings.